The van der Waals surface area contributed by atoms with E-state index in [9.17, 15) is 0 Å². The molecule has 0 atom stereocenters. The number of rotatable bonds is 7. The Bertz CT molecular complexity index is 494. The van der Waals surface area contributed by atoms with E-state index in [1.165, 1.54) is 17.7 Å². The lowest BCUT2D eigenvalue weighted by molar-refractivity contribution is 0.783. The topological polar surface area (TPSA) is 55.6 Å². The maximum atomic E-state index is 4.02. The minimum atomic E-state index is 0.702. The van der Waals surface area contributed by atoms with E-state index in [2.05, 4.69) is 46.2 Å². The number of anilines is 1. The molecule has 6 heteroatoms. The number of nitrogens with one attached hydrogen (secondary N) is 1. The van der Waals surface area contributed by atoms with Crippen molar-refractivity contribution >= 4 is 17.7 Å². The van der Waals surface area contributed by atoms with Crippen LogP contribution >= 0.6 is 11.8 Å². The molecule has 0 fully saturated rings. The summed E-state index contributed by atoms with van der Waals surface area (Å²) in [5.74, 6) is 1.90. The molecular weight excluding hydrogens is 258 g/mol. The van der Waals surface area contributed by atoms with Gasteiger partial charge in [0.2, 0.25) is 5.95 Å². The molecular formula is C13H19N5S. The third-order valence-corrected chi connectivity index (χ3v) is 3.50. The maximum Gasteiger partial charge on any atom is 0.247 e. The van der Waals surface area contributed by atoms with Gasteiger partial charge >= 0.3 is 0 Å². The molecule has 0 saturated heterocycles. The van der Waals surface area contributed by atoms with Crippen molar-refractivity contribution in [3.63, 3.8) is 0 Å². The van der Waals surface area contributed by atoms with E-state index in [1.54, 1.807) is 4.68 Å². The van der Waals surface area contributed by atoms with Crippen LogP contribution in [0.5, 0.6) is 0 Å². The average Bonchev–Trinajstić information content (AvgIpc) is 2.88. The fourth-order valence-electron chi connectivity index (χ4n) is 1.73. The van der Waals surface area contributed by atoms with Gasteiger partial charge in [-0.05, 0) is 54.3 Å². The van der Waals surface area contributed by atoms with Crippen LogP contribution in [-0.4, -0.2) is 38.8 Å². The first kappa shape index (κ1) is 13.9. The van der Waals surface area contributed by atoms with E-state index in [-0.39, 0.29) is 0 Å². The summed E-state index contributed by atoms with van der Waals surface area (Å²) in [5, 5.41) is 15.1. The third kappa shape index (κ3) is 3.96. The molecule has 1 N–H and O–H groups in total. The summed E-state index contributed by atoms with van der Waals surface area (Å²) in [4.78, 5) is 0. The van der Waals surface area contributed by atoms with Crippen molar-refractivity contribution in [2.45, 2.75) is 19.8 Å². The predicted molar refractivity (Wildman–Crippen MR) is 80.0 cm³/mol. The van der Waals surface area contributed by atoms with E-state index < -0.39 is 0 Å². The Morgan fingerprint density at radius 2 is 2.00 bits per heavy atom. The van der Waals surface area contributed by atoms with Gasteiger partial charge in [-0.15, -0.1) is 0 Å². The maximum absolute atomic E-state index is 4.02. The van der Waals surface area contributed by atoms with Crippen LogP contribution in [0.1, 0.15) is 18.4 Å². The SMILES string of the molecule is CSCCCCNc1nnnn1-c1ccc(C)cc1. The molecule has 1 aromatic heterocycles. The number of benzene rings is 1. The molecule has 0 saturated carbocycles. The van der Waals surface area contributed by atoms with E-state index in [1.807, 2.05) is 23.9 Å². The predicted octanol–water partition coefficient (Wildman–Crippen LogP) is 2.53. The Kier molecular flexibility index (Phi) is 5.20. The largest absolute Gasteiger partial charge is 0.353 e. The molecule has 1 heterocycles. The first-order valence-corrected chi connectivity index (χ1v) is 7.79. The normalized spacial score (nSPS) is 10.6. The highest BCUT2D eigenvalue weighted by atomic mass is 32.2. The van der Waals surface area contributed by atoms with Gasteiger partial charge in [-0.2, -0.15) is 16.4 Å². The van der Waals surface area contributed by atoms with Gasteiger partial charge in [-0.1, -0.05) is 22.8 Å². The van der Waals surface area contributed by atoms with Crippen molar-refractivity contribution in [3.8, 4) is 5.69 Å². The molecule has 0 aliphatic rings. The second-order valence-corrected chi connectivity index (χ2v) is 5.36. The zero-order valence-corrected chi connectivity index (χ0v) is 12.2. The Hall–Kier alpha value is -1.56. The Balaban J connectivity index is 1.96. The Morgan fingerprint density at radius 1 is 1.21 bits per heavy atom. The van der Waals surface area contributed by atoms with Crippen LogP contribution in [0.4, 0.5) is 5.95 Å². The number of aromatic nitrogens is 4. The highest BCUT2D eigenvalue weighted by Gasteiger charge is 2.06. The first-order chi connectivity index (χ1) is 9.31. The average molecular weight is 277 g/mol. The van der Waals surface area contributed by atoms with Crippen molar-refractivity contribution in [1.82, 2.24) is 20.2 Å². The van der Waals surface area contributed by atoms with Gasteiger partial charge in [0.1, 0.15) is 0 Å². The summed E-state index contributed by atoms with van der Waals surface area (Å²) in [6, 6.07) is 8.15. The summed E-state index contributed by atoms with van der Waals surface area (Å²) in [5.41, 5.74) is 2.20. The van der Waals surface area contributed by atoms with Gasteiger partial charge < -0.3 is 5.32 Å². The first-order valence-electron chi connectivity index (χ1n) is 6.39. The van der Waals surface area contributed by atoms with E-state index in [0.29, 0.717) is 5.95 Å². The third-order valence-electron chi connectivity index (χ3n) is 2.81. The standard InChI is InChI=1S/C13H19N5S/c1-11-5-7-12(8-6-11)18-13(15-16-17-18)14-9-3-4-10-19-2/h5-8H,3-4,9-10H2,1-2H3,(H,14,15,17). The summed E-state index contributed by atoms with van der Waals surface area (Å²) in [6.45, 7) is 2.96. The highest BCUT2D eigenvalue weighted by Crippen LogP contribution is 2.12. The molecule has 0 spiro atoms. The molecule has 0 amide bonds. The summed E-state index contributed by atoms with van der Waals surface area (Å²) in [7, 11) is 0. The number of unbranched alkanes of at least 4 members (excludes halogenated alkanes) is 1. The van der Waals surface area contributed by atoms with Crippen LogP contribution in [-0.2, 0) is 0 Å². The van der Waals surface area contributed by atoms with Gasteiger partial charge in [0.05, 0.1) is 5.69 Å². The number of tetrazole rings is 1. The van der Waals surface area contributed by atoms with Gasteiger partial charge in [-0.25, -0.2) is 0 Å². The highest BCUT2D eigenvalue weighted by molar-refractivity contribution is 7.98. The number of thioether (sulfide) groups is 1. The molecule has 0 unspecified atom stereocenters. The molecule has 2 rings (SSSR count). The van der Waals surface area contributed by atoms with Crippen LogP contribution in [0, 0.1) is 6.92 Å². The van der Waals surface area contributed by atoms with E-state index in [4.69, 9.17) is 0 Å². The van der Waals surface area contributed by atoms with Crippen molar-refractivity contribution < 1.29 is 0 Å². The molecule has 0 aliphatic carbocycles. The summed E-state index contributed by atoms with van der Waals surface area (Å²) in [6.07, 6.45) is 4.47. The van der Waals surface area contributed by atoms with Crippen molar-refractivity contribution in [3.05, 3.63) is 29.8 Å². The lowest BCUT2D eigenvalue weighted by atomic mass is 10.2. The number of hydrogen-bond donors (Lipinski definition) is 1. The van der Waals surface area contributed by atoms with E-state index >= 15 is 0 Å². The lowest BCUT2D eigenvalue weighted by Gasteiger charge is -2.07. The molecule has 5 nitrogen and oxygen atoms in total. The fraction of sp³-hybridized carbons (Fsp3) is 0.462. The molecule has 102 valence electrons. The van der Waals surface area contributed by atoms with Gasteiger partial charge in [-0.3, -0.25) is 0 Å². The molecule has 0 bridgehead atoms. The van der Waals surface area contributed by atoms with Crippen molar-refractivity contribution in [2.75, 3.05) is 23.9 Å². The zero-order chi connectivity index (χ0) is 13.5. The Labute approximate surface area is 117 Å². The Morgan fingerprint density at radius 3 is 2.74 bits per heavy atom. The van der Waals surface area contributed by atoms with Crippen LogP contribution in [0.25, 0.3) is 5.69 Å². The quantitative estimate of drug-likeness (QED) is 0.788. The smallest absolute Gasteiger partial charge is 0.247 e. The second kappa shape index (κ2) is 7.13. The van der Waals surface area contributed by atoms with Crippen LogP contribution in [0.3, 0.4) is 0 Å². The summed E-state index contributed by atoms with van der Waals surface area (Å²) < 4.78 is 1.73. The van der Waals surface area contributed by atoms with Gasteiger partial charge in [0.25, 0.3) is 0 Å². The van der Waals surface area contributed by atoms with Crippen molar-refractivity contribution in [1.29, 1.82) is 0 Å². The second-order valence-electron chi connectivity index (χ2n) is 4.38. The lowest BCUT2D eigenvalue weighted by Crippen LogP contribution is -2.09. The van der Waals surface area contributed by atoms with Crippen LogP contribution in [0.15, 0.2) is 24.3 Å². The van der Waals surface area contributed by atoms with E-state index in [0.717, 1.165) is 18.7 Å². The molecule has 0 radical (unpaired) electrons. The van der Waals surface area contributed by atoms with Crippen LogP contribution < -0.4 is 5.32 Å². The summed E-state index contributed by atoms with van der Waals surface area (Å²) >= 11 is 1.88. The van der Waals surface area contributed by atoms with Gasteiger partial charge in [0, 0.05) is 6.54 Å². The zero-order valence-electron chi connectivity index (χ0n) is 11.3. The minimum absolute atomic E-state index is 0.702. The number of aryl methyl sites for hydroxylation is 1. The fourth-order valence-corrected chi connectivity index (χ4v) is 2.22. The monoisotopic (exact) mass is 277 g/mol. The number of hydrogen-bond acceptors (Lipinski definition) is 5. The molecule has 1 aromatic carbocycles. The molecule has 2 aromatic rings. The number of nitrogens with zero attached hydrogens (tertiary/aromatic N) is 4. The van der Waals surface area contributed by atoms with Crippen LogP contribution in [0.2, 0.25) is 0 Å². The van der Waals surface area contributed by atoms with Gasteiger partial charge in [0.15, 0.2) is 0 Å². The van der Waals surface area contributed by atoms with Crippen molar-refractivity contribution in [2.24, 2.45) is 0 Å². The molecule has 0 aliphatic heterocycles. The minimum Gasteiger partial charge on any atom is -0.353 e. The molecule has 19 heavy (non-hydrogen) atoms.